The summed E-state index contributed by atoms with van der Waals surface area (Å²) in [6, 6.07) is 0. The molecule has 0 aromatic carbocycles. The molecule has 0 radical (unpaired) electrons. The number of aryl methyl sites for hydroxylation is 1. The fourth-order valence-corrected chi connectivity index (χ4v) is 4.10. The van der Waals surface area contributed by atoms with Crippen molar-refractivity contribution >= 4 is 21.6 Å². The molecule has 0 saturated heterocycles. The van der Waals surface area contributed by atoms with Crippen LogP contribution in [0.5, 0.6) is 0 Å². The number of nitrogens with zero attached hydrogens (tertiary/aromatic N) is 2. The van der Waals surface area contributed by atoms with Crippen molar-refractivity contribution in [3.8, 4) is 0 Å². The van der Waals surface area contributed by atoms with Crippen LogP contribution in [0.4, 0.5) is 0 Å². The Balaban J connectivity index is 2.28. The van der Waals surface area contributed by atoms with E-state index in [1.54, 1.807) is 7.05 Å². The lowest BCUT2D eigenvalue weighted by Gasteiger charge is -2.24. The molecule has 0 bridgehead atoms. The molecule has 1 aliphatic carbocycles. The zero-order chi connectivity index (χ0) is 12.7. The Morgan fingerprint density at radius 3 is 2.53 bits per heavy atom. The maximum Gasteiger partial charge on any atom is 0.261 e. The first-order valence-corrected chi connectivity index (χ1v) is 7.41. The minimum Gasteiger partial charge on any atom is -0.324 e. The number of rotatable bonds is 3. The van der Waals surface area contributed by atoms with E-state index in [2.05, 4.69) is 9.71 Å². The lowest BCUT2D eigenvalue weighted by Crippen LogP contribution is -2.43. The first-order valence-electron chi connectivity index (χ1n) is 5.55. The van der Waals surface area contributed by atoms with Crippen molar-refractivity contribution in [1.29, 1.82) is 0 Å². The summed E-state index contributed by atoms with van der Waals surface area (Å²) in [5.74, 6) is 0. The van der Waals surface area contributed by atoms with E-state index in [1.807, 2.05) is 6.92 Å². The molecule has 1 fully saturated rings. The molecule has 0 atom stereocenters. The quantitative estimate of drug-likeness (QED) is 0.914. The Hall–Kier alpha value is -0.590. The lowest BCUT2D eigenvalue weighted by atomic mass is 10.0. The Kier molecular flexibility index (Phi) is 3.22. The summed E-state index contributed by atoms with van der Waals surface area (Å²) in [6.45, 7) is 1.92. The van der Waals surface area contributed by atoms with Gasteiger partial charge in [-0.3, -0.25) is 0 Å². The molecule has 1 saturated carbocycles. The van der Waals surface area contributed by atoms with E-state index in [0.717, 1.165) is 25.7 Å². The van der Waals surface area contributed by atoms with Gasteiger partial charge in [-0.05, 0) is 19.8 Å². The highest BCUT2D eigenvalue weighted by Gasteiger charge is 2.35. The van der Waals surface area contributed by atoms with E-state index in [-0.39, 0.29) is 15.7 Å². The van der Waals surface area contributed by atoms with Gasteiger partial charge in [0.1, 0.15) is 5.15 Å². The van der Waals surface area contributed by atoms with Crippen LogP contribution in [-0.4, -0.2) is 23.5 Å². The van der Waals surface area contributed by atoms with E-state index < -0.39 is 10.0 Å². The van der Waals surface area contributed by atoms with Crippen molar-refractivity contribution in [3.63, 3.8) is 0 Å². The van der Waals surface area contributed by atoms with Crippen LogP contribution in [0.1, 0.15) is 32.6 Å². The van der Waals surface area contributed by atoms with Crippen molar-refractivity contribution in [1.82, 2.24) is 14.3 Å². The molecule has 2 rings (SSSR count). The van der Waals surface area contributed by atoms with Gasteiger partial charge in [-0.2, -0.15) is 0 Å². The highest BCUT2D eigenvalue weighted by Crippen LogP contribution is 2.31. The summed E-state index contributed by atoms with van der Waals surface area (Å²) in [7, 11) is -1.97. The standard InChI is InChI=1S/C10H16ClN3O2S/c1-10(5-3-4-6-10)13-17(15,16)9-8(11)14(2)7-12-9/h7,13H,3-6H2,1-2H3. The number of imidazole rings is 1. The van der Waals surface area contributed by atoms with Crippen LogP contribution in [0.15, 0.2) is 11.4 Å². The van der Waals surface area contributed by atoms with Gasteiger partial charge >= 0.3 is 0 Å². The minimum absolute atomic E-state index is 0.0882. The maximum absolute atomic E-state index is 12.2. The molecule has 0 aliphatic heterocycles. The summed E-state index contributed by atoms with van der Waals surface area (Å²) >= 11 is 5.91. The lowest BCUT2D eigenvalue weighted by molar-refractivity contribution is 0.426. The van der Waals surface area contributed by atoms with Crippen LogP contribution >= 0.6 is 11.6 Å². The monoisotopic (exact) mass is 277 g/mol. The van der Waals surface area contributed by atoms with Crippen LogP contribution in [0, 0.1) is 0 Å². The highest BCUT2D eigenvalue weighted by molar-refractivity contribution is 7.89. The number of halogens is 1. The molecule has 1 heterocycles. The first-order chi connectivity index (χ1) is 7.84. The largest absolute Gasteiger partial charge is 0.324 e. The highest BCUT2D eigenvalue weighted by atomic mass is 35.5. The Bertz CT molecular complexity index is 518. The average Bonchev–Trinajstić information content (AvgIpc) is 2.75. The predicted molar refractivity (Wildman–Crippen MR) is 65.4 cm³/mol. The molecule has 0 amide bonds. The average molecular weight is 278 g/mol. The second-order valence-corrected chi connectivity index (χ2v) is 6.78. The van der Waals surface area contributed by atoms with E-state index >= 15 is 0 Å². The van der Waals surface area contributed by atoms with Crippen molar-refractivity contribution in [3.05, 3.63) is 11.5 Å². The summed E-state index contributed by atoms with van der Waals surface area (Å²) in [5, 5.41) is 0.0499. The second kappa shape index (κ2) is 4.26. The summed E-state index contributed by atoms with van der Waals surface area (Å²) < 4.78 is 28.5. The van der Waals surface area contributed by atoms with Gasteiger partial charge in [0.15, 0.2) is 0 Å². The van der Waals surface area contributed by atoms with E-state index in [9.17, 15) is 8.42 Å². The fraction of sp³-hybridized carbons (Fsp3) is 0.700. The summed E-state index contributed by atoms with van der Waals surface area (Å²) in [4.78, 5) is 3.84. The van der Waals surface area contributed by atoms with Crippen LogP contribution in [-0.2, 0) is 17.1 Å². The molecule has 96 valence electrons. The predicted octanol–water partition coefficient (Wildman–Crippen LogP) is 1.68. The second-order valence-electron chi connectivity index (χ2n) is 4.82. The molecule has 1 aromatic heterocycles. The van der Waals surface area contributed by atoms with Gasteiger partial charge in [0, 0.05) is 12.6 Å². The Morgan fingerprint density at radius 2 is 2.06 bits per heavy atom. The number of sulfonamides is 1. The van der Waals surface area contributed by atoms with Crippen LogP contribution in [0.2, 0.25) is 5.15 Å². The Morgan fingerprint density at radius 1 is 1.47 bits per heavy atom. The van der Waals surface area contributed by atoms with E-state index in [4.69, 9.17) is 11.6 Å². The molecule has 0 spiro atoms. The van der Waals surface area contributed by atoms with Crippen molar-refractivity contribution < 1.29 is 8.42 Å². The summed E-state index contributed by atoms with van der Waals surface area (Å²) in [5.41, 5.74) is -0.361. The third-order valence-corrected chi connectivity index (χ3v) is 5.30. The van der Waals surface area contributed by atoms with Gasteiger partial charge in [-0.1, -0.05) is 24.4 Å². The molecular formula is C10H16ClN3O2S. The van der Waals surface area contributed by atoms with Gasteiger partial charge < -0.3 is 4.57 Å². The third-order valence-electron chi connectivity index (χ3n) is 3.18. The Labute approximate surface area is 106 Å². The SMILES string of the molecule is Cn1cnc(S(=O)(=O)NC2(C)CCCC2)c1Cl. The number of hydrogen-bond acceptors (Lipinski definition) is 3. The van der Waals surface area contributed by atoms with Crippen molar-refractivity contribution in [2.45, 2.75) is 43.2 Å². The number of nitrogens with one attached hydrogen (secondary N) is 1. The molecule has 17 heavy (non-hydrogen) atoms. The van der Waals surface area contributed by atoms with E-state index in [1.165, 1.54) is 10.9 Å². The smallest absolute Gasteiger partial charge is 0.261 e. The van der Waals surface area contributed by atoms with Gasteiger partial charge in [0.25, 0.3) is 10.0 Å². The third kappa shape index (κ3) is 2.48. The molecule has 5 nitrogen and oxygen atoms in total. The van der Waals surface area contributed by atoms with Crippen LogP contribution < -0.4 is 4.72 Å². The van der Waals surface area contributed by atoms with Crippen LogP contribution in [0.25, 0.3) is 0 Å². The van der Waals surface area contributed by atoms with Gasteiger partial charge in [-0.25, -0.2) is 18.1 Å². The molecule has 1 aliphatic rings. The fourth-order valence-electron chi connectivity index (χ4n) is 2.20. The molecule has 1 N–H and O–H groups in total. The normalized spacial score (nSPS) is 19.7. The molecular weight excluding hydrogens is 262 g/mol. The summed E-state index contributed by atoms with van der Waals surface area (Å²) in [6.07, 6.45) is 5.21. The number of aromatic nitrogens is 2. The van der Waals surface area contributed by atoms with Crippen LogP contribution in [0.3, 0.4) is 0 Å². The molecule has 7 heteroatoms. The van der Waals surface area contributed by atoms with Gasteiger partial charge in [0.2, 0.25) is 5.03 Å². The van der Waals surface area contributed by atoms with Gasteiger partial charge in [0.05, 0.1) is 6.33 Å². The molecule has 1 aromatic rings. The van der Waals surface area contributed by atoms with Gasteiger partial charge in [-0.15, -0.1) is 0 Å². The zero-order valence-electron chi connectivity index (χ0n) is 9.90. The topological polar surface area (TPSA) is 64.0 Å². The van der Waals surface area contributed by atoms with E-state index in [0.29, 0.717) is 0 Å². The molecule has 0 unspecified atom stereocenters. The maximum atomic E-state index is 12.2. The minimum atomic E-state index is -3.63. The number of hydrogen-bond donors (Lipinski definition) is 1. The van der Waals surface area contributed by atoms with Crippen molar-refractivity contribution in [2.24, 2.45) is 7.05 Å². The van der Waals surface area contributed by atoms with Crippen molar-refractivity contribution in [2.75, 3.05) is 0 Å². The zero-order valence-corrected chi connectivity index (χ0v) is 11.5. The first kappa shape index (κ1) is 12.9.